The van der Waals surface area contributed by atoms with Crippen LogP contribution >= 0.6 is 0 Å². The highest BCUT2D eigenvalue weighted by atomic mass is 19.1. The molecule has 0 amide bonds. The Morgan fingerprint density at radius 1 is 1.19 bits per heavy atom. The highest BCUT2D eigenvalue weighted by molar-refractivity contribution is 5.77. The Hall–Kier alpha value is -4.14. The quantitative estimate of drug-likeness (QED) is 0.289. The Kier molecular flexibility index (Phi) is 9.21. The van der Waals surface area contributed by atoms with E-state index in [9.17, 15) is 9.18 Å². The molecule has 4 rings (SSSR count). The number of halogens is 1. The van der Waals surface area contributed by atoms with Gasteiger partial charge < -0.3 is 9.42 Å². The molecule has 3 heterocycles. The Morgan fingerprint density at radius 3 is 2.53 bits per heavy atom. The zero-order chi connectivity index (χ0) is 26.1. The molecule has 0 aliphatic carbocycles. The zero-order valence-corrected chi connectivity index (χ0v) is 21.1. The van der Waals surface area contributed by atoms with Crippen LogP contribution in [0.15, 0.2) is 65.8 Å². The van der Waals surface area contributed by atoms with Gasteiger partial charge in [-0.05, 0) is 48.7 Å². The van der Waals surface area contributed by atoms with Gasteiger partial charge in [-0.1, -0.05) is 43.3 Å². The summed E-state index contributed by atoms with van der Waals surface area (Å²) in [6.07, 6.45) is 4.08. The summed E-state index contributed by atoms with van der Waals surface area (Å²) in [7, 11) is 0. The lowest BCUT2D eigenvalue weighted by Gasteiger charge is -2.16. The smallest absolute Gasteiger partial charge is 0.266 e. The summed E-state index contributed by atoms with van der Waals surface area (Å²) >= 11 is 0. The predicted octanol–water partition coefficient (Wildman–Crippen LogP) is 5.43. The first kappa shape index (κ1) is 26.5. The molecule has 0 spiro atoms. The van der Waals surface area contributed by atoms with Crippen molar-refractivity contribution in [3.05, 3.63) is 78.6 Å². The second-order valence-corrected chi connectivity index (χ2v) is 8.31. The molecule has 0 saturated heterocycles. The average Bonchev–Trinajstić information content (AvgIpc) is 3.48. The summed E-state index contributed by atoms with van der Waals surface area (Å²) in [5, 5.41) is 8.32. The standard InChI is InChI=1S/C18H16FN3O.C9H15N3O/c1-12-8-16(20-10-15(12)19)17-9-18(14-6-4-3-5-7-14)22(21-17)11-13(2)23;1-4-6-12(7-5-2)9-10-8(3)13-11-9/h3-10H,11H2,1-2H3;4H,1,5-7H2,2-3H3. The van der Waals surface area contributed by atoms with Crippen molar-refractivity contribution in [2.45, 2.75) is 40.7 Å². The number of hydrogen-bond donors (Lipinski definition) is 0. The fourth-order valence-electron chi connectivity index (χ4n) is 3.51. The molecule has 0 saturated carbocycles. The first-order chi connectivity index (χ1) is 17.3. The zero-order valence-electron chi connectivity index (χ0n) is 21.1. The molecule has 36 heavy (non-hydrogen) atoms. The number of carbonyl (C=O) groups is 1. The second-order valence-electron chi connectivity index (χ2n) is 8.31. The number of nitrogens with zero attached hydrogens (tertiary/aromatic N) is 6. The fraction of sp³-hybridized carbons (Fsp3) is 0.296. The van der Waals surface area contributed by atoms with E-state index in [1.165, 1.54) is 13.1 Å². The largest absolute Gasteiger partial charge is 0.338 e. The summed E-state index contributed by atoms with van der Waals surface area (Å²) in [5.74, 6) is 0.916. The number of hydrogen-bond acceptors (Lipinski definition) is 7. The van der Waals surface area contributed by atoms with Gasteiger partial charge in [-0.25, -0.2) is 4.39 Å². The maximum Gasteiger partial charge on any atom is 0.266 e. The molecule has 1 aromatic carbocycles. The number of aryl methyl sites for hydroxylation is 2. The number of pyridine rings is 1. The normalized spacial score (nSPS) is 10.5. The fourth-order valence-corrected chi connectivity index (χ4v) is 3.51. The van der Waals surface area contributed by atoms with E-state index in [2.05, 4.69) is 33.7 Å². The SMILES string of the molecule is C=CCN(CCC)c1noc(C)n1.CC(=O)Cn1nc(-c2cc(C)c(F)cn2)cc1-c1ccccc1. The number of rotatable bonds is 9. The minimum absolute atomic E-state index is 0.0140. The van der Waals surface area contributed by atoms with Crippen molar-refractivity contribution in [2.24, 2.45) is 0 Å². The highest BCUT2D eigenvalue weighted by Crippen LogP contribution is 2.26. The van der Waals surface area contributed by atoms with E-state index in [1.807, 2.05) is 47.4 Å². The molecule has 0 aliphatic rings. The third-order valence-electron chi connectivity index (χ3n) is 5.17. The predicted molar refractivity (Wildman–Crippen MR) is 138 cm³/mol. The van der Waals surface area contributed by atoms with Gasteiger partial charge in [0.05, 0.1) is 24.1 Å². The van der Waals surface area contributed by atoms with Crippen LogP contribution in [0.2, 0.25) is 0 Å². The van der Waals surface area contributed by atoms with Crippen LogP contribution in [0.1, 0.15) is 31.7 Å². The third-order valence-corrected chi connectivity index (χ3v) is 5.17. The number of Topliss-reactive ketones (excluding diaryl/α,β-unsaturated/α-hetero) is 1. The maximum absolute atomic E-state index is 13.4. The third kappa shape index (κ3) is 6.94. The Morgan fingerprint density at radius 2 is 1.94 bits per heavy atom. The summed E-state index contributed by atoms with van der Waals surface area (Å²) in [5.41, 5.74) is 3.51. The van der Waals surface area contributed by atoms with E-state index < -0.39 is 0 Å². The number of aromatic nitrogens is 5. The van der Waals surface area contributed by atoms with Gasteiger partial charge in [0.25, 0.3) is 5.95 Å². The minimum Gasteiger partial charge on any atom is -0.338 e. The molecular weight excluding hydrogens is 459 g/mol. The van der Waals surface area contributed by atoms with Gasteiger partial charge in [0.2, 0.25) is 5.89 Å². The van der Waals surface area contributed by atoms with Crippen LogP contribution in [0.25, 0.3) is 22.6 Å². The van der Waals surface area contributed by atoms with E-state index in [0.29, 0.717) is 28.8 Å². The number of anilines is 1. The molecular formula is C27H31FN6O2. The molecule has 0 atom stereocenters. The summed E-state index contributed by atoms with van der Waals surface area (Å²) < 4.78 is 20.0. The molecule has 4 aromatic rings. The van der Waals surface area contributed by atoms with Crippen LogP contribution in [0, 0.1) is 19.7 Å². The molecule has 0 bridgehead atoms. The Bertz CT molecular complexity index is 1300. The van der Waals surface area contributed by atoms with Crippen LogP contribution in [-0.2, 0) is 11.3 Å². The Labute approximate surface area is 210 Å². The van der Waals surface area contributed by atoms with Crippen LogP contribution < -0.4 is 4.90 Å². The van der Waals surface area contributed by atoms with Crippen LogP contribution in [0.5, 0.6) is 0 Å². The minimum atomic E-state index is -0.347. The van der Waals surface area contributed by atoms with Gasteiger partial charge in [-0.2, -0.15) is 10.1 Å². The lowest BCUT2D eigenvalue weighted by atomic mass is 10.1. The molecule has 0 aliphatic heterocycles. The number of carbonyl (C=O) groups excluding carboxylic acids is 1. The van der Waals surface area contributed by atoms with Gasteiger partial charge in [-0.3, -0.25) is 14.5 Å². The molecule has 9 heteroatoms. The Balaban J connectivity index is 0.000000236. The van der Waals surface area contributed by atoms with Crippen molar-refractivity contribution in [2.75, 3.05) is 18.0 Å². The van der Waals surface area contributed by atoms with Gasteiger partial charge >= 0.3 is 0 Å². The molecule has 0 unspecified atom stereocenters. The average molecular weight is 491 g/mol. The van der Waals surface area contributed by atoms with Crippen LogP contribution in [0.3, 0.4) is 0 Å². The van der Waals surface area contributed by atoms with E-state index in [1.54, 1.807) is 24.6 Å². The van der Waals surface area contributed by atoms with Crippen molar-refractivity contribution >= 4 is 11.7 Å². The van der Waals surface area contributed by atoms with Crippen molar-refractivity contribution in [1.29, 1.82) is 0 Å². The molecule has 0 fully saturated rings. The van der Waals surface area contributed by atoms with Crippen molar-refractivity contribution in [3.63, 3.8) is 0 Å². The maximum atomic E-state index is 13.4. The van der Waals surface area contributed by atoms with Gasteiger partial charge in [0.1, 0.15) is 11.5 Å². The molecule has 8 nitrogen and oxygen atoms in total. The lowest BCUT2D eigenvalue weighted by Crippen LogP contribution is -2.25. The summed E-state index contributed by atoms with van der Waals surface area (Å²) in [6.45, 7) is 12.7. The first-order valence-corrected chi connectivity index (χ1v) is 11.7. The number of ketones is 1. The van der Waals surface area contributed by atoms with Gasteiger partial charge in [0.15, 0.2) is 5.78 Å². The van der Waals surface area contributed by atoms with E-state index in [0.717, 1.165) is 30.8 Å². The van der Waals surface area contributed by atoms with Gasteiger partial charge in [-0.15, -0.1) is 6.58 Å². The summed E-state index contributed by atoms with van der Waals surface area (Å²) in [6, 6.07) is 13.2. The monoisotopic (exact) mass is 490 g/mol. The van der Waals surface area contributed by atoms with Gasteiger partial charge in [0, 0.05) is 20.0 Å². The topological polar surface area (TPSA) is 89.9 Å². The van der Waals surface area contributed by atoms with Crippen LogP contribution in [-0.4, -0.2) is 43.8 Å². The van der Waals surface area contributed by atoms with E-state index in [-0.39, 0.29) is 18.1 Å². The van der Waals surface area contributed by atoms with Crippen molar-refractivity contribution in [3.8, 4) is 22.6 Å². The first-order valence-electron chi connectivity index (χ1n) is 11.7. The van der Waals surface area contributed by atoms with Crippen molar-refractivity contribution < 1.29 is 13.7 Å². The summed E-state index contributed by atoms with van der Waals surface area (Å²) in [4.78, 5) is 21.8. The highest BCUT2D eigenvalue weighted by Gasteiger charge is 2.14. The molecule has 0 radical (unpaired) electrons. The van der Waals surface area contributed by atoms with E-state index in [4.69, 9.17) is 4.52 Å². The van der Waals surface area contributed by atoms with Crippen molar-refractivity contribution in [1.82, 2.24) is 24.9 Å². The van der Waals surface area contributed by atoms with Crippen LogP contribution in [0.4, 0.5) is 10.3 Å². The molecule has 0 N–H and O–H groups in total. The molecule has 188 valence electrons. The number of benzene rings is 1. The molecule has 3 aromatic heterocycles. The van der Waals surface area contributed by atoms with E-state index >= 15 is 0 Å². The lowest BCUT2D eigenvalue weighted by molar-refractivity contribution is -0.117. The second kappa shape index (κ2) is 12.5.